The van der Waals surface area contributed by atoms with Gasteiger partial charge < -0.3 is 15.6 Å². The Kier molecular flexibility index (Phi) is 3.77. The summed E-state index contributed by atoms with van der Waals surface area (Å²) >= 11 is 0. The Bertz CT molecular complexity index is 420. The van der Waals surface area contributed by atoms with Crippen LogP contribution in [0.1, 0.15) is 16.8 Å². The fraction of sp³-hybridized carbons (Fsp3) is 0.333. The van der Waals surface area contributed by atoms with E-state index >= 15 is 0 Å². The molecule has 3 N–H and O–H groups in total. The molecule has 1 heterocycles. The van der Waals surface area contributed by atoms with E-state index in [4.69, 9.17) is 10.8 Å². The number of halogens is 3. The number of anilines is 1. The molecular weight excluding hydrogens is 241 g/mol. The van der Waals surface area contributed by atoms with Gasteiger partial charge in [0.2, 0.25) is 5.88 Å². The van der Waals surface area contributed by atoms with Gasteiger partial charge in [-0.1, -0.05) is 0 Å². The van der Waals surface area contributed by atoms with Gasteiger partial charge in [-0.3, -0.25) is 0 Å². The molecule has 94 valence electrons. The van der Waals surface area contributed by atoms with Crippen molar-refractivity contribution < 1.29 is 27.8 Å². The van der Waals surface area contributed by atoms with Gasteiger partial charge in [-0.15, -0.1) is 0 Å². The van der Waals surface area contributed by atoms with E-state index in [2.05, 4.69) is 9.72 Å². The second-order valence-corrected chi connectivity index (χ2v) is 3.14. The zero-order valence-electron chi connectivity index (χ0n) is 8.49. The molecule has 0 spiro atoms. The van der Waals surface area contributed by atoms with Gasteiger partial charge in [0.25, 0.3) is 0 Å². The molecule has 0 radical (unpaired) electrons. The second-order valence-electron chi connectivity index (χ2n) is 3.14. The van der Waals surface area contributed by atoms with Crippen molar-refractivity contribution in [2.75, 3.05) is 12.3 Å². The highest BCUT2D eigenvalue weighted by Gasteiger charge is 2.27. The summed E-state index contributed by atoms with van der Waals surface area (Å²) in [5.74, 6) is -1.75. The molecule has 5 nitrogen and oxygen atoms in total. The molecule has 0 aliphatic carbocycles. The number of carboxylic acid groups (broad SMARTS) is 1. The standard InChI is InChI=1S/C9H9F3N2O3/c10-9(11,12)1-2-17-7-6(8(15)16)3-5(13)4-14-7/h3-4H,1-2,13H2,(H,15,16). The van der Waals surface area contributed by atoms with E-state index in [0.29, 0.717) is 0 Å². The molecule has 0 saturated carbocycles. The normalized spacial score (nSPS) is 11.2. The first-order valence-corrected chi connectivity index (χ1v) is 4.48. The van der Waals surface area contributed by atoms with Crippen LogP contribution in [0.4, 0.5) is 18.9 Å². The molecule has 0 aliphatic heterocycles. The maximum absolute atomic E-state index is 11.8. The zero-order chi connectivity index (χ0) is 13.1. The van der Waals surface area contributed by atoms with Crippen LogP contribution in [-0.4, -0.2) is 28.8 Å². The predicted octanol–water partition coefficient (Wildman–Crippen LogP) is 1.69. The molecule has 1 rings (SSSR count). The van der Waals surface area contributed by atoms with Crippen LogP contribution in [0.3, 0.4) is 0 Å². The van der Waals surface area contributed by atoms with Gasteiger partial charge in [0.05, 0.1) is 24.9 Å². The largest absolute Gasteiger partial charge is 0.477 e. The third-order valence-electron chi connectivity index (χ3n) is 1.73. The number of ether oxygens (including phenoxy) is 1. The molecule has 0 saturated heterocycles. The summed E-state index contributed by atoms with van der Waals surface area (Å²) in [6, 6.07) is 1.07. The van der Waals surface area contributed by atoms with E-state index in [-0.39, 0.29) is 17.1 Å². The fourth-order valence-electron chi connectivity index (χ4n) is 1.00. The van der Waals surface area contributed by atoms with Crippen LogP contribution in [0, 0.1) is 0 Å². The van der Waals surface area contributed by atoms with E-state index in [1.54, 1.807) is 0 Å². The van der Waals surface area contributed by atoms with Crippen LogP contribution in [-0.2, 0) is 0 Å². The van der Waals surface area contributed by atoms with Gasteiger partial charge >= 0.3 is 12.1 Å². The van der Waals surface area contributed by atoms with Crippen molar-refractivity contribution >= 4 is 11.7 Å². The quantitative estimate of drug-likeness (QED) is 0.849. The van der Waals surface area contributed by atoms with E-state index in [0.717, 1.165) is 12.3 Å². The van der Waals surface area contributed by atoms with E-state index in [9.17, 15) is 18.0 Å². The molecule has 0 fully saturated rings. The lowest BCUT2D eigenvalue weighted by atomic mass is 10.2. The molecule has 0 bridgehead atoms. The van der Waals surface area contributed by atoms with Gasteiger partial charge in [0, 0.05) is 0 Å². The van der Waals surface area contributed by atoms with Crippen LogP contribution < -0.4 is 10.5 Å². The van der Waals surface area contributed by atoms with Crippen molar-refractivity contribution in [1.29, 1.82) is 0 Å². The van der Waals surface area contributed by atoms with Crippen molar-refractivity contribution in [3.63, 3.8) is 0 Å². The molecule has 0 aliphatic rings. The zero-order valence-corrected chi connectivity index (χ0v) is 8.49. The summed E-state index contributed by atoms with van der Waals surface area (Å²) < 4.78 is 40.2. The Morgan fingerprint density at radius 2 is 2.18 bits per heavy atom. The minimum atomic E-state index is -4.36. The van der Waals surface area contributed by atoms with Gasteiger partial charge in [0.15, 0.2) is 0 Å². The van der Waals surface area contributed by atoms with Crippen molar-refractivity contribution in [2.24, 2.45) is 0 Å². The molecule has 8 heteroatoms. The Balaban J connectivity index is 2.74. The van der Waals surface area contributed by atoms with Crippen molar-refractivity contribution in [1.82, 2.24) is 4.98 Å². The molecular formula is C9H9F3N2O3. The summed E-state index contributed by atoms with van der Waals surface area (Å²) in [6.45, 7) is -0.694. The van der Waals surface area contributed by atoms with Crippen LogP contribution in [0.25, 0.3) is 0 Å². The topological polar surface area (TPSA) is 85.4 Å². The number of hydrogen-bond donors (Lipinski definition) is 2. The fourth-order valence-corrected chi connectivity index (χ4v) is 1.00. The molecule has 0 amide bonds. The number of rotatable bonds is 4. The second kappa shape index (κ2) is 4.89. The van der Waals surface area contributed by atoms with Crippen LogP contribution in [0.15, 0.2) is 12.3 Å². The summed E-state index contributed by atoms with van der Waals surface area (Å²) in [6.07, 6.45) is -4.44. The Labute approximate surface area is 94.0 Å². The molecule has 1 aromatic heterocycles. The maximum atomic E-state index is 11.8. The molecule has 0 unspecified atom stereocenters. The summed E-state index contributed by atoms with van der Waals surface area (Å²) in [5, 5.41) is 8.75. The highest BCUT2D eigenvalue weighted by Crippen LogP contribution is 2.22. The average molecular weight is 250 g/mol. The number of alkyl halides is 3. The monoisotopic (exact) mass is 250 g/mol. The molecule has 1 aromatic rings. The first kappa shape index (κ1) is 13.1. The van der Waals surface area contributed by atoms with Gasteiger partial charge in [0.1, 0.15) is 5.56 Å². The van der Waals surface area contributed by atoms with Crippen molar-refractivity contribution in [3.05, 3.63) is 17.8 Å². The number of pyridine rings is 1. The molecule has 0 atom stereocenters. The lowest BCUT2D eigenvalue weighted by Gasteiger charge is -2.09. The summed E-state index contributed by atoms with van der Waals surface area (Å²) in [7, 11) is 0. The number of nitrogens with two attached hydrogens (primary N) is 1. The lowest BCUT2D eigenvalue weighted by molar-refractivity contribution is -0.139. The van der Waals surface area contributed by atoms with Crippen LogP contribution in [0.2, 0.25) is 0 Å². The third kappa shape index (κ3) is 4.17. The molecule has 0 aromatic carbocycles. The first-order chi connectivity index (χ1) is 7.79. The van der Waals surface area contributed by atoms with Gasteiger partial charge in [-0.05, 0) is 6.07 Å². The number of hydrogen-bond acceptors (Lipinski definition) is 4. The number of aromatic nitrogens is 1. The van der Waals surface area contributed by atoms with Gasteiger partial charge in [-0.25, -0.2) is 9.78 Å². The van der Waals surface area contributed by atoms with Crippen LogP contribution >= 0.6 is 0 Å². The number of carboxylic acids is 1. The average Bonchev–Trinajstić information content (AvgIpc) is 2.18. The predicted molar refractivity (Wildman–Crippen MR) is 51.8 cm³/mol. The summed E-state index contributed by atoms with van der Waals surface area (Å²) in [5.41, 5.74) is 5.02. The van der Waals surface area contributed by atoms with E-state index < -0.39 is 25.2 Å². The number of carbonyl (C=O) groups is 1. The SMILES string of the molecule is Nc1cnc(OCCC(F)(F)F)c(C(=O)O)c1. The van der Waals surface area contributed by atoms with Gasteiger partial charge in [-0.2, -0.15) is 13.2 Å². The maximum Gasteiger partial charge on any atom is 0.392 e. The van der Waals surface area contributed by atoms with Crippen LogP contribution in [0.5, 0.6) is 5.88 Å². The highest BCUT2D eigenvalue weighted by molar-refractivity contribution is 5.91. The first-order valence-electron chi connectivity index (χ1n) is 4.48. The third-order valence-corrected chi connectivity index (χ3v) is 1.73. The Morgan fingerprint density at radius 1 is 1.53 bits per heavy atom. The smallest absolute Gasteiger partial charge is 0.392 e. The molecule has 17 heavy (non-hydrogen) atoms. The van der Waals surface area contributed by atoms with E-state index in [1.807, 2.05) is 0 Å². The summed E-state index contributed by atoms with van der Waals surface area (Å²) in [4.78, 5) is 14.3. The number of aromatic carboxylic acids is 1. The van der Waals surface area contributed by atoms with Crippen molar-refractivity contribution in [2.45, 2.75) is 12.6 Å². The minimum absolute atomic E-state index is 0.0885. The minimum Gasteiger partial charge on any atom is -0.477 e. The Morgan fingerprint density at radius 3 is 2.71 bits per heavy atom. The Hall–Kier alpha value is -1.99. The van der Waals surface area contributed by atoms with Crippen molar-refractivity contribution in [3.8, 4) is 5.88 Å². The highest BCUT2D eigenvalue weighted by atomic mass is 19.4. The number of nitrogen functional groups attached to an aromatic ring is 1. The van der Waals surface area contributed by atoms with E-state index in [1.165, 1.54) is 0 Å². The lowest BCUT2D eigenvalue weighted by Crippen LogP contribution is -2.15. The number of nitrogens with zero attached hydrogens (tertiary/aromatic N) is 1.